The topological polar surface area (TPSA) is 106 Å². The zero-order valence-electron chi connectivity index (χ0n) is 15.7. The number of nitrogens with one attached hydrogen (secondary N) is 3. The molecule has 0 fully saturated rings. The lowest BCUT2D eigenvalue weighted by Gasteiger charge is -2.19. The molecule has 0 bridgehead atoms. The first-order valence-electron chi connectivity index (χ1n) is 8.31. The number of alkyl carbamates (subject to hydrolysis) is 1. The predicted octanol–water partition coefficient (Wildman–Crippen LogP) is 1.80. The lowest BCUT2D eigenvalue weighted by molar-refractivity contribution is -0.121. The second kappa shape index (κ2) is 10.4. The molecule has 0 atom stereocenters. The fourth-order valence-electron chi connectivity index (χ4n) is 1.99. The molecule has 1 aromatic rings. The summed E-state index contributed by atoms with van der Waals surface area (Å²) in [5.41, 5.74) is 0.802. The van der Waals surface area contributed by atoms with Gasteiger partial charge in [0.15, 0.2) is 0 Å². The second-order valence-corrected chi connectivity index (χ2v) is 6.59. The molecule has 1 rings (SSSR count). The zero-order chi connectivity index (χ0) is 19.6. The fourth-order valence-corrected chi connectivity index (χ4v) is 1.99. The van der Waals surface area contributed by atoms with E-state index in [1.807, 2.05) is 12.1 Å². The Morgan fingerprint density at radius 2 is 1.73 bits per heavy atom. The number of methoxy groups -OCH3 is 1. The summed E-state index contributed by atoms with van der Waals surface area (Å²) in [5, 5.41) is 8.01. The van der Waals surface area contributed by atoms with Crippen LogP contribution in [0.15, 0.2) is 24.3 Å². The Labute approximate surface area is 153 Å². The van der Waals surface area contributed by atoms with Gasteiger partial charge in [-0.2, -0.15) is 0 Å². The zero-order valence-corrected chi connectivity index (χ0v) is 15.7. The largest absolute Gasteiger partial charge is 0.444 e. The number of benzene rings is 1. The van der Waals surface area contributed by atoms with E-state index >= 15 is 0 Å². The molecule has 8 heteroatoms. The number of carbonyl (C=O) groups excluding carboxylic acids is 3. The van der Waals surface area contributed by atoms with Crippen molar-refractivity contribution in [2.24, 2.45) is 0 Å². The van der Waals surface area contributed by atoms with Crippen LogP contribution in [0.3, 0.4) is 0 Å². The van der Waals surface area contributed by atoms with E-state index < -0.39 is 11.7 Å². The van der Waals surface area contributed by atoms with Crippen molar-refractivity contribution in [2.45, 2.75) is 39.3 Å². The van der Waals surface area contributed by atoms with E-state index in [0.717, 1.165) is 5.56 Å². The summed E-state index contributed by atoms with van der Waals surface area (Å²) in [4.78, 5) is 35.0. The SMILES string of the molecule is COCC(=O)Nc1ccccc1CNC(=O)CCNC(=O)OC(C)(C)C. The first kappa shape index (κ1) is 21.4. The highest BCUT2D eigenvalue weighted by Crippen LogP contribution is 2.14. The molecule has 0 aliphatic heterocycles. The van der Waals surface area contributed by atoms with Gasteiger partial charge >= 0.3 is 6.09 Å². The number of para-hydroxylation sites is 1. The van der Waals surface area contributed by atoms with Crippen LogP contribution < -0.4 is 16.0 Å². The summed E-state index contributed by atoms with van der Waals surface area (Å²) in [6, 6.07) is 7.16. The lowest BCUT2D eigenvalue weighted by Crippen LogP contribution is -2.35. The van der Waals surface area contributed by atoms with Crippen molar-refractivity contribution in [3.8, 4) is 0 Å². The Bertz CT molecular complexity index is 625. The van der Waals surface area contributed by atoms with Crippen molar-refractivity contribution in [3.63, 3.8) is 0 Å². The molecule has 0 heterocycles. The Kier molecular flexibility index (Phi) is 8.57. The molecular weight excluding hydrogens is 338 g/mol. The van der Waals surface area contributed by atoms with E-state index in [0.29, 0.717) is 5.69 Å². The maximum Gasteiger partial charge on any atom is 0.407 e. The van der Waals surface area contributed by atoms with Crippen LogP contribution in [0.25, 0.3) is 0 Å². The standard InChI is InChI=1S/C18H27N3O5/c1-18(2,3)26-17(24)19-10-9-15(22)20-11-13-7-5-6-8-14(13)21-16(23)12-25-4/h5-8H,9-12H2,1-4H3,(H,19,24)(H,20,22)(H,21,23). The van der Waals surface area contributed by atoms with E-state index in [2.05, 4.69) is 16.0 Å². The van der Waals surface area contributed by atoms with Gasteiger partial charge in [-0.3, -0.25) is 9.59 Å². The third-order valence-corrected chi connectivity index (χ3v) is 3.06. The molecule has 26 heavy (non-hydrogen) atoms. The van der Waals surface area contributed by atoms with Crippen molar-refractivity contribution >= 4 is 23.6 Å². The van der Waals surface area contributed by atoms with Gasteiger partial charge in [-0.05, 0) is 32.4 Å². The number of ether oxygens (including phenoxy) is 2. The van der Waals surface area contributed by atoms with E-state index in [-0.39, 0.29) is 37.9 Å². The van der Waals surface area contributed by atoms with Crippen molar-refractivity contribution < 1.29 is 23.9 Å². The molecule has 0 aliphatic carbocycles. The van der Waals surface area contributed by atoms with Crippen molar-refractivity contribution in [3.05, 3.63) is 29.8 Å². The smallest absolute Gasteiger partial charge is 0.407 e. The van der Waals surface area contributed by atoms with E-state index in [1.165, 1.54) is 7.11 Å². The van der Waals surface area contributed by atoms with Crippen LogP contribution in [0, 0.1) is 0 Å². The summed E-state index contributed by atoms with van der Waals surface area (Å²) < 4.78 is 9.87. The first-order chi connectivity index (χ1) is 12.2. The Balaban J connectivity index is 2.41. The minimum atomic E-state index is -0.580. The van der Waals surface area contributed by atoms with Crippen LogP contribution in [-0.4, -0.2) is 43.8 Å². The summed E-state index contributed by atoms with van der Waals surface area (Å²) in [5.74, 6) is -0.494. The molecule has 3 N–H and O–H groups in total. The normalized spacial score (nSPS) is 10.8. The molecule has 144 valence electrons. The highest BCUT2D eigenvalue weighted by atomic mass is 16.6. The minimum absolute atomic E-state index is 0.0446. The average Bonchev–Trinajstić information content (AvgIpc) is 2.52. The number of hydrogen-bond donors (Lipinski definition) is 3. The summed E-state index contributed by atoms with van der Waals surface area (Å²) >= 11 is 0. The van der Waals surface area contributed by atoms with Crippen LogP contribution in [0.2, 0.25) is 0 Å². The summed E-state index contributed by atoms with van der Waals surface area (Å²) in [7, 11) is 1.44. The van der Waals surface area contributed by atoms with Gasteiger partial charge in [0, 0.05) is 32.3 Å². The third kappa shape index (κ3) is 9.03. The van der Waals surface area contributed by atoms with Crippen molar-refractivity contribution in [2.75, 3.05) is 25.6 Å². The molecule has 0 unspecified atom stereocenters. The molecule has 1 aromatic carbocycles. The number of amides is 3. The first-order valence-corrected chi connectivity index (χ1v) is 8.31. The highest BCUT2D eigenvalue weighted by Gasteiger charge is 2.16. The molecule has 0 aliphatic rings. The monoisotopic (exact) mass is 365 g/mol. The van der Waals surface area contributed by atoms with Gasteiger partial charge in [0.05, 0.1) is 0 Å². The quantitative estimate of drug-likeness (QED) is 0.651. The minimum Gasteiger partial charge on any atom is -0.444 e. The summed E-state index contributed by atoms with van der Waals surface area (Å²) in [6.07, 6.45) is -0.436. The van der Waals surface area contributed by atoms with Gasteiger partial charge in [0.1, 0.15) is 12.2 Å². The number of carbonyl (C=O) groups is 3. The van der Waals surface area contributed by atoms with Gasteiger partial charge < -0.3 is 25.4 Å². The predicted molar refractivity (Wildman–Crippen MR) is 97.6 cm³/mol. The van der Waals surface area contributed by atoms with Crippen LogP contribution in [0.4, 0.5) is 10.5 Å². The average molecular weight is 365 g/mol. The number of anilines is 1. The Morgan fingerprint density at radius 1 is 1.04 bits per heavy atom. The van der Waals surface area contributed by atoms with Gasteiger partial charge in [-0.15, -0.1) is 0 Å². The van der Waals surface area contributed by atoms with Gasteiger partial charge in [-0.25, -0.2) is 4.79 Å². The maximum atomic E-state index is 11.9. The van der Waals surface area contributed by atoms with E-state index in [4.69, 9.17) is 9.47 Å². The van der Waals surface area contributed by atoms with E-state index in [1.54, 1.807) is 32.9 Å². The third-order valence-electron chi connectivity index (χ3n) is 3.06. The molecule has 0 aromatic heterocycles. The molecule has 0 radical (unpaired) electrons. The van der Waals surface area contributed by atoms with Gasteiger partial charge in [-0.1, -0.05) is 18.2 Å². The van der Waals surface area contributed by atoms with Crippen molar-refractivity contribution in [1.29, 1.82) is 0 Å². The summed E-state index contributed by atoms with van der Waals surface area (Å²) in [6.45, 7) is 5.69. The van der Waals surface area contributed by atoms with Crippen molar-refractivity contribution in [1.82, 2.24) is 10.6 Å². The van der Waals surface area contributed by atoms with Crippen LogP contribution in [0.1, 0.15) is 32.8 Å². The maximum absolute atomic E-state index is 11.9. The highest BCUT2D eigenvalue weighted by molar-refractivity contribution is 5.92. The Hall–Kier alpha value is -2.61. The Morgan fingerprint density at radius 3 is 2.38 bits per heavy atom. The van der Waals surface area contributed by atoms with E-state index in [9.17, 15) is 14.4 Å². The molecule has 0 spiro atoms. The molecule has 0 saturated heterocycles. The molecular formula is C18H27N3O5. The van der Waals surface area contributed by atoms with Gasteiger partial charge in [0.25, 0.3) is 0 Å². The van der Waals surface area contributed by atoms with Gasteiger partial charge in [0.2, 0.25) is 11.8 Å². The second-order valence-electron chi connectivity index (χ2n) is 6.59. The fraction of sp³-hybridized carbons (Fsp3) is 0.500. The molecule has 0 saturated carbocycles. The molecule has 8 nitrogen and oxygen atoms in total. The lowest BCUT2D eigenvalue weighted by atomic mass is 10.1. The number of rotatable bonds is 8. The van der Waals surface area contributed by atoms with Crippen LogP contribution in [-0.2, 0) is 25.6 Å². The van der Waals surface area contributed by atoms with Crippen LogP contribution in [0.5, 0.6) is 0 Å². The van der Waals surface area contributed by atoms with Crippen LogP contribution >= 0.6 is 0 Å². The number of hydrogen-bond acceptors (Lipinski definition) is 5. The molecule has 3 amide bonds.